The van der Waals surface area contributed by atoms with Crippen molar-refractivity contribution in [3.05, 3.63) is 32.8 Å². The van der Waals surface area contributed by atoms with Crippen molar-refractivity contribution in [1.29, 1.82) is 0 Å². The minimum atomic E-state index is -3.51. The van der Waals surface area contributed by atoms with E-state index in [9.17, 15) is 8.42 Å². The zero-order valence-electron chi connectivity index (χ0n) is 10.9. The quantitative estimate of drug-likeness (QED) is 0.777. The molecule has 0 aliphatic heterocycles. The summed E-state index contributed by atoms with van der Waals surface area (Å²) in [5, 5.41) is 4.58. The molecule has 0 aromatic carbocycles. The van der Waals surface area contributed by atoms with Crippen molar-refractivity contribution < 1.29 is 8.42 Å². The molecule has 20 heavy (non-hydrogen) atoms. The van der Waals surface area contributed by atoms with Crippen LogP contribution in [0.2, 0.25) is 5.02 Å². The maximum absolute atomic E-state index is 12.4. The molecule has 0 aliphatic rings. The van der Waals surface area contributed by atoms with E-state index in [0.29, 0.717) is 21.5 Å². The summed E-state index contributed by atoms with van der Waals surface area (Å²) in [6.07, 6.45) is 1.53. The topological polar surface area (TPSA) is 55.2 Å². The first-order chi connectivity index (χ1) is 9.36. The Morgan fingerprint density at radius 2 is 2.20 bits per heavy atom. The molecule has 0 unspecified atom stereocenters. The van der Waals surface area contributed by atoms with E-state index in [2.05, 4.69) is 21.0 Å². The van der Waals surface area contributed by atoms with Crippen LogP contribution in [0.25, 0.3) is 0 Å². The van der Waals surface area contributed by atoms with E-state index in [4.69, 9.17) is 11.6 Å². The Hall–Kier alpha value is -0.410. The Bertz CT molecular complexity index is 711. The SMILES string of the molecule is CCn1ncc(Cl)c1CN(C)S(=O)(=O)c1ccc(Br)s1. The largest absolute Gasteiger partial charge is 0.267 e. The molecule has 0 fully saturated rings. The van der Waals surface area contributed by atoms with Gasteiger partial charge in [0.15, 0.2) is 0 Å². The average Bonchev–Trinajstić information content (AvgIpc) is 2.97. The number of rotatable bonds is 5. The molecule has 0 saturated carbocycles. The maximum Gasteiger partial charge on any atom is 0.252 e. The molecule has 2 rings (SSSR count). The fourth-order valence-electron chi connectivity index (χ4n) is 1.70. The van der Waals surface area contributed by atoms with Crippen molar-refractivity contribution in [3.63, 3.8) is 0 Å². The minimum Gasteiger partial charge on any atom is -0.267 e. The van der Waals surface area contributed by atoms with Gasteiger partial charge in [-0.1, -0.05) is 11.6 Å². The van der Waals surface area contributed by atoms with Crippen LogP contribution in [0.4, 0.5) is 0 Å². The molecule has 2 aromatic heterocycles. The molecule has 0 N–H and O–H groups in total. The predicted molar refractivity (Wildman–Crippen MR) is 83.6 cm³/mol. The lowest BCUT2D eigenvalue weighted by Gasteiger charge is -2.17. The molecule has 0 saturated heterocycles. The average molecular weight is 399 g/mol. The fourth-order valence-corrected chi connectivity index (χ4v) is 5.26. The molecule has 0 bridgehead atoms. The van der Waals surface area contributed by atoms with Gasteiger partial charge in [0.05, 0.1) is 27.2 Å². The molecular formula is C11H13BrClN3O2S2. The van der Waals surface area contributed by atoms with Gasteiger partial charge in [-0.2, -0.15) is 9.40 Å². The van der Waals surface area contributed by atoms with Crippen molar-refractivity contribution in [3.8, 4) is 0 Å². The molecule has 0 atom stereocenters. The molecule has 2 aromatic rings. The smallest absolute Gasteiger partial charge is 0.252 e. The van der Waals surface area contributed by atoms with Crippen molar-refractivity contribution >= 4 is 48.9 Å². The summed E-state index contributed by atoms with van der Waals surface area (Å²) in [5.74, 6) is 0. The monoisotopic (exact) mass is 397 g/mol. The first kappa shape index (κ1) is 16.0. The number of thiophene rings is 1. The molecule has 2 heterocycles. The molecule has 9 heteroatoms. The van der Waals surface area contributed by atoms with Crippen molar-refractivity contribution in [2.24, 2.45) is 0 Å². The zero-order valence-corrected chi connectivity index (χ0v) is 14.9. The van der Waals surface area contributed by atoms with Gasteiger partial charge in [0.1, 0.15) is 4.21 Å². The summed E-state index contributed by atoms with van der Waals surface area (Å²) >= 11 is 10.5. The second-order valence-corrected chi connectivity index (χ2v) is 9.22. The lowest BCUT2D eigenvalue weighted by Crippen LogP contribution is -2.27. The van der Waals surface area contributed by atoms with Crippen LogP contribution < -0.4 is 0 Å². The Morgan fingerprint density at radius 3 is 2.75 bits per heavy atom. The van der Waals surface area contributed by atoms with Gasteiger partial charge in [-0.15, -0.1) is 11.3 Å². The van der Waals surface area contributed by atoms with Crippen LogP contribution in [0.3, 0.4) is 0 Å². The highest BCUT2D eigenvalue weighted by Gasteiger charge is 2.24. The van der Waals surface area contributed by atoms with E-state index in [0.717, 1.165) is 3.79 Å². The van der Waals surface area contributed by atoms with E-state index in [1.165, 1.54) is 28.9 Å². The third kappa shape index (κ3) is 3.09. The highest BCUT2D eigenvalue weighted by molar-refractivity contribution is 9.11. The zero-order chi connectivity index (χ0) is 14.9. The summed E-state index contributed by atoms with van der Waals surface area (Å²) in [6.45, 7) is 2.75. The van der Waals surface area contributed by atoms with Crippen molar-refractivity contribution in [2.75, 3.05) is 7.05 Å². The number of halogens is 2. The van der Waals surface area contributed by atoms with Gasteiger partial charge in [-0.05, 0) is 35.0 Å². The molecule has 0 amide bonds. The van der Waals surface area contributed by atoms with E-state index in [-0.39, 0.29) is 6.54 Å². The van der Waals surface area contributed by atoms with Gasteiger partial charge in [0, 0.05) is 13.6 Å². The van der Waals surface area contributed by atoms with Crippen LogP contribution in [0.1, 0.15) is 12.6 Å². The molecular weight excluding hydrogens is 386 g/mol. The van der Waals surface area contributed by atoms with Gasteiger partial charge < -0.3 is 0 Å². The molecule has 0 spiro atoms. The third-order valence-electron chi connectivity index (χ3n) is 2.78. The first-order valence-corrected chi connectivity index (χ1v) is 9.21. The summed E-state index contributed by atoms with van der Waals surface area (Å²) < 4.78 is 28.9. The van der Waals surface area contributed by atoms with E-state index >= 15 is 0 Å². The number of sulfonamides is 1. The molecule has 0 aliphatic carbocycles. The molecule has 0 radical (unpaired) electrons. The predicted octanol–water partition coefficient (Wildman–Crippen LogP) is 3.20. The van der Waals surface area contributed by atoms with Gasteiger partial charge in [-0.25, -0.2) is 8.42 Å². The number of hydrogen-bond acceptors (Lipinski definition) is 4. The summed E-state index contributed by atoms with van der Waals surface area (Å²) in [6, 6.07) is 3.30. The Kier molecular flexibility index (Phi) is 4.91. The highest BCUT2D eigenvalue weighted by atomic mass is 79.9. The van der Waals surface area contributed by atoms with Crippen LogP contribution in [0, 0.1) is 0 Å². The second-order valence-electron chi connectivity index (χ2n) is 4.07. The van der Waals surface area contributed by atoms with E-state index in [1.54, 1.807) is 16.8 Å². The standard InChI is InChI=1S/C11H13BrClN3O2S2/c1-3-16-9(8(13)6-14-16)7-15(2)20(17,18)11-5-4-10(12)19-11/h4-6H,3,7H2,1-2H3. The first-order valence-electron chi connectivity index (χ1n) is 5.78. The molecule has 5 nitrogen and oxygen atoms in total. The van der Waals surface area contributed by atoms with Crippen LogP contribution in [0.15, 0.2) is 26.3 Å². The van der Waals surface area contributed by atoms with Crippen LogP contribution >= 0.6 is 38.9 Å². The summed E-state index contributed by atoms with van der Waals surface area (Å²) in [4.78, 5) is 0. The van der Waals surface area contributed by atoms with Gasteiger partial charge in [-0.3, -0.25) is 4.68 Å². The fraction of sp³-hybridized carbons (Fsp3) is 0.364. The van der Waals surface area contributed by atoms with Gasteiger partial charge in [0.25, 0.3) is 10.0 Å². The number of nitrogens with zero attached hydrogens (tertiary/aromatic N) is 3. The van der Waals surface area contributed by atoms with Gasteiger partial charge in [0.2, 0.25) is 0 Å². The maximum atomic E-state index is 12.4. The second kappa shape index (κ2) is 6.15. The van der Waals surface area contributed by atoms with Crippen LogP contribution in [-0.4, -0.2) is 29.6 Å². The van der Waals surface area contributed by atoms with Crippen LogP contribution in [-0.2, 0) is 23.1 Å². The third-order valence-corrected chi connectivity index (χ3v) is 6.99. The van der Waals surface area contributed by atoms with Gasteiger partial charge >= 0.3 is 0 Å². The van der Waals surface area contributed by atoms with Crippen LogP contribution in [0.5, 0.6) is 0 Å². The Labute approximate surface area is 135 Å². The lowest BCUT2D eigenvalue weighted by atomic mass is 10.4. The number of aromatic nitrogens is 2. The number of aryl methyl sites for hydroxylation is 1. The molecule has 110 valence electrons. The Morgan fingerprint density at radius 1 is 1.50 bits per heavy atom. The van der Waals surface area contributed by atoms with E-state index in [1.807, 2.05) is 6.92 Å². The summed E-state index contributed by atoms with van der Waals surface area (Å²) in [7, 11) is -1.98. The highest BCUT2D eigenvalue weighted by Crippen LogP contribution is 2.29. The number of hydrogen-bond donors (Lipinski definition) is 0. The normalized spacial score (nSPS) is 12.2. The minimum absolute atomic E-state index is 0.185. The Balaban J connectivity index is 2.28. The van der Waals surface area contributed by atoms with Crippen molar-refractivity contribution in [1.82, 2.24) is 14.1 Å². The van der Waals surface area contributed by atoms with Crippen molar-refractivity contribution in [2.45, 2.75) is 24.2 Å². The summed E-state index contributed by atoms with van der Waals surface area (Å²) in [5.41, 5.74) is 0.691. The van der Waals surface area contributed by atoms with E-state index < -0.39 is 10.0 Å². The lowest BCUT2D eigenvalue weighted by molar-refractivity contribution is 0.448.